The van der Waals surface area contributed by atoms with Crippen LogP contribution in [-0.4, -0.2) is 40.9 Å². The highest BCUT2D eigenvalue weighted by Crippen LogP contribution is 2.09. The van der Waals surface area contributed by atoms with Crippen molar-refractivity contribution in [1.82, 2.24) is 25.7 Å². The summed E-state index contributed by atoms with van der Waals surface area (Å²) >= 11 is 0. The number of hydrogen-bond acceptors (Lipinski definition) is 3. The van der Waals surface area contributed by atoms with Crippen LogP contribution in [0.4, 0.5) is 4.79 Å². The average molecular weight is 341 g/mol. The molecule has 3 rings (SSSR count). The molecule has 1 aliphatic heterocycles. The Labute approximate surface area is 146 Å². The summed E-state index contributed by atoms with van der Waals surface area (Å²) in [4.78, 5) is 23.8. The predicted octanol–water partition coefficient (Wildman–Crippen LogP) is 1.38. The van der Waals surface area contributed by atoms with Gasteiger partial charge in [0.2, 0.25) is 5.91 Å². The number of nitrogens with zero attached hydrogens (tertiary/aromatic N) is 2. The zero-order chi connectivity index (χ0) is 17.5. The van der Waals surface area contributed by atoms with Crippen LogP contribution in [0.3, 0.4) is 0 Å². The second kappa shape index (κ2) is 8.32. The van der Waals surface area contributed by atoms with Gasteiger partial charge in [-0.15, -0.1) is 0 Å². The van der Waals surface area contributed by atoms with Crippen LogP contribution in [0.1, 0.15) is 24.8 Å². The van der Waals surface area contributed by atoms with Gasteiger partial charge in [-0.2, -0.15) is 5.10 Å². The molecule has 7 nitrogen and oxygen atoms in total. The Morgan fingerprint density at radius 2 is 2.12 bits per heavy atom. The van der Waals surface area contributed by atoms with E-state index in [2.05, 4.69) is 21.0 Å². The summed E-state index contributed by atoms with van der Waals surface area (Å²) < 4.78 is 1.80. The molecule has 7 heteroatoms. The number of benzene rings is 1. The Balaban J connectivity index is 1.43. The fraction of sp³-hybridized carbons (Fsp3) is 0.389. The van der Waals surface area contributed by atoms with Crippen molar-refractivity contribution in [3.8, 4) is 5.69 Å². The molecule has 3 amide bonds. The summed E-state index contributed by atoms with van der Waals surface area (Å²) in [5.74, 6) is -0.0955. The van der Waals surface area contributed by atoms with Crippen molar-refractivity contribution in [3.63, 3.8) is 0 Å². The highest BCUT2D eigenvalue weighted by atomic mass is 16.2. The quantitative estimate of drug-likeness (QED) is 0.768. The van der Waals surface area contributed by atoms with Gasteiger partial charge in [0.1, 0.15) is 6.04 Å². The topological polar surface area (TPSA) is 88.1 Å². The fourth-order valence-corrected chi connectivity index (χ4v) is 2.84. The number of nitrogens with one attached hydrogen (secondary N) is 3. The van der Waals surface area contributed by atoms with Crippen LogP contribution in [-0.2, 0) is 11.2 Å². The third-order valence-corrected chi connectivity index (χ3v) is 4.25. The highest BCUT2D eigenvalue weighted by molar-refractivity contribution is 5.87. The van der Waals surface area contributed by atoms with E-state index < -0.39 is 6.04 Å². The predicted molar refractivity (Wildman–Crippen MR) is 94.5 cm³/mol. The van der Waals surface area contributed by atoms with E-state index in [0.717, 1.165) is 30.5 Å². The molecule has 0 spiro atoms. The van der Waals surface area contributed by atoms with Crippen LogP contribution in [0.5, 0.6) is 0 Å². The molecule has 1 aromatic heterocycles. The molecule has 1 fully saturated rings. The molecule has 0 aliphatic carbocycles. The SMILES string of the molecule is O=C(NCCc1ccc(-n2cccn2)cc1)N[C@H]1CCCCNC1=O. The van der Waals surface area contributed by atoms with E-state index in [-0.39, 0.29) is 11.9 Å². The summed E-state index contributed by atoms with van der Waals surface area (Å²) in [6.07, 6.45) is 6.94. The smallest absolute Gasteiger partial charge is 0.315 e. The standard InChI is InChI=1S/C18H23N5O2/c24-17-16(4-1-2-10-19-17)22-18(25)20-12-9-14-5-7-15(8-6-14)23-13-3-11-21-23/h3,5-8,11,13,16H,1-2,4,9-10,12H2,(H,19,24)(H2,20,22,25)/t16-/m0/s1. The van der Waals surface area contributed by atoms with Gasteiger partial charge in [-0.25, -0.2) is 9.48 Å². The summed E-state index contributed by atoms with van der Waals surface area (Å²) in [6, 6.07) is 9.19. The van der Waals surface area contributed by atoms with Crippen LogP contribution in [0.25, 0.3) is 5.69 Å². The van der Waals surface area contributed by atoms with E-state index in [9.17, 15) is 9.59 Å². The monoisotopic (exact) mass is 341 g/mol. The molecule has 132 valence electrons. The van der Waals surface area contributed by atoms with E-state index in [1.54, 1.807) is 10.9 Å². The molecule has 1 aliphatic rings. The normalized spacial score (nSPS) is 17.4. The van der Waals surface area contributed by atoms with Gasteiger partial charge in [0.05, 0.1) is 5.69 Å². The number of amides is 3. The van der Waals surface area contributed by atoms with Gasteiger partial charge in [-0.3, -0.25) is 4.79 Å². The van der Waals surface area contributed by atoms with Crippen LogP contribution in [0.2, 0.25) is 0 Å². The van der Waals surface area contributed by atoms with Gasteiger partial charge < -0.3 is 16.0 Å². The van der Waals surface area contributed by atoms with Crippen LogP contribution in [0, 0.1) is 0 Å². The Morgan fingerprint density at radius 3 is 2.88 bits per heavy atom. The van der Waals surface area contributed by atoms with Gasteiger partial charge in [0.25, 0.3) is 0 Å². The molecule has 1 atom stereocenters. The second-order valence-corrected chi connectivity index (χ2v) is 6.11. The molecule has 1 aromatic carbocycles. The Bertz CT molecular complexity index is 697. The largest absolute Gasteiger partial charge is 0.354 e. The number of hydrogen-bond donors (Lipinski definition) is 3. The molecular formula is C18H23N5O2. The lowest BCUT2D eigenvalue weighted by molar-refractivity contribution is -0.122. The first-order valence-corrected chi connectivity index (χ1v) is 8.63. The van der Waals surface area contributed by atoms with Crippen LogP contribution >= 0.6 is 0 Å². The van der Waals surface area contributed by atoms with E-state index in [0.29, 0.717) is 19.5 Å². The van der Waals surface area contributed by atoms with Crippen LogP contribution in [0.15, 0.2) is 42.7 Å². The zero-order valence-electron chi connectivity index (χ0n) is 14.1. The molecule has 25 heavy (non-hydrogen) atoms. The van der Waals surface area contributed by atoms with Crippen molar-refractivity contribution >= 4 is 11.9 Å². The van der Waals surface area contributed by atoms with Gasteiger partial charge in [0.15, 0.2) is 0 Å². The van der Waals surface area contributed by atoms with E-state index in [1.807, 2.05) is 36.5 Å². The minimum absolute atomic E-state index is 0.0955. The molecule has 3 N–H and O–H groups in total. The van der Waals surface area contributed by atoms with Gasteiger partial charge >= 0.3 is 6.03 Å². The number of carbonyl (C=O) groups excluding carboxylic acids is 2. The molecule has 1 saturated heterocycles. The van der Waals surface area contributed by atoms with Crippen molar-refractivity contribution in [3.05, 3.63) is 48.3 Å². The molecular weight excluding hydrogens is 318 g/mol. The van der Waals surface area contributed by atoms with Crippen molar-refractivity contribution in [2.45, 2.75) is 31.7 Å². The van der Waals surface area contributed by atoms with E-state index >= 15 is 0 Å². The minimum atomic E-state index is -0.434. The van der Waals surface area contributed by atoms with E-state index in [1.165, 1.54) is 0 Å². The van der Waals surface area contributed by atoms with Gasteiger partial charge in [-0.1, -0.05) is 12.1 Å². The number of carbonyl (C=O) groups is 2. The third kappa shape index (κ3) is 4.82. The average Bonchev–Trinajstić information content (AvgIpc) is 3.08. The summed E-state index contributed by atoms with van der Waals surface area (Å²) in [5.41, 5.74) is 2.13. The minimum Gasteiger partial charge on any atom is -0.354 e. The third-order valence-electron chi connectivity index (χ3n) is 4.25. The Hall–Kier alpha value is -2.83. The van der Waals surface area contributed by atoms with Crippen molar-refractivity contribution < 1.29 is 9.59 Å². The maximum atomic E-state index is 12.0. The Morgan fingerprint density at radius 1 is 1.28 bits per heavy atom. The fourth-order valence-electron chi connectivity index (χ4n) is 2.84. The molecule has 2 heterocycles. The second-order valence-electron chi connectivity index (χ2n) is 6.11. The highest BCUT2D eigenvalue weighted by Gasteiger charge is 2.21. The van der Waals surface area contributed by atoms with Crippen LogP contribution < -0.4 is 16.0 Å². The first-order valence-electron chi connectivity index (χ1n) is 8.63. The van der Waals surface area contributed by atoms with Crippen molar-refractivity contribution in [1.29, 1.82) is 0 Å². The van der Waals surface area contributed by atoms with Gasteiger partial charge in [0, 0.05) is 25.5 Å². The number of rotatable bonds is 5. The molecule has 0 unspecified atom stereocenters. The first kappa shape index (κ1) is 17.0. The van der Waals surface area contributed by atoms with Gasteiger partial charge in [-0.05, 0) is 49.4 Å². The maximum Gasteiger partial charge on any atom is 0.315 e. The molecule has 0 bridgehead atoms. The summed E-state index contributed by atoms with van der Waals surface area (Å²) in [7, 11) is 0. The first-order chi connectivity index (χ1) is 12.2. The molecule has 0 radical (unpaired) electrons. The molecule has 0 saturated carbocycles. The summed E-state index contributed by atoms with van der Waals surface area (Å²) in [6.45, 7) is 1.20. The van der Waals surface area contributed by atoms with Crippen molar-refractivity contribution in [2.24, 2.45) is 0 Å². The Kier molecular flexibility index (Phi) is 5.66. The lowest BCUT2D eigenvalue weighted by Crippen LogP contribution is -2.49. The van der Waals surface area contributed by atoms with E-state index in [4.69, 9.17) is 0 Å². The lowest BCUT2D eigenvalue weighted by atomic mass is 10.1. The zero-order valence-corrected chi connectivity index (χ0v) is 14.1. The summed E-state index contributed by atoms with van der Waals surface area (Å²) in [5, 5.41) is 12.6. The number of aromatic nitrogens is 2. The number of urea groups is 1. The maximum absolute atomic E-state index is 12.0. The van der Waals surface area contributed by atoms with Crippen molar-refractivity contribution in [2.75, 3.05) is 13.1 Å². The molecule has 2 aromatic rings. The lowest BCUT2D eigenvalue weighted by Gasteiger charge is -2.15.